The maximum Gasteiger partial charge on any atom is 0.185 e. The van der Waals surface area contributed by atoms with Gasteiger partial charge in [-0.05, 0) is 15.9 Å². The Morgan fingerprint density at radius 1 is 1.89 bits per heavy atom. The van der Waals surface area contributed by atoms with E-state index in [0.717, 1.165) is 11.3 Å². The molecule has 1 rings (SSSR count). The third-order valence-electron chi connectivity index (χ3n) is 0.657. The van der Waals surface area contributed by atoms with Crippen LogP contribution in [0.1, 0.15) is 8.22 Å². The summed E-state index contributed by atoms with van der Waals surface area (Å²) in [5.74, 6) is 0. The summed E-state index contributed by atoms with van der Waals surface area (Å²) in [4.78, 5) is 4.08. The first-order valence-corrected chi connectivity index (χ1v) is 3.65. The maximum atomic E-state index is 7.14. The second kappa shape index (κ2) is 2.66. The molecule has 1 heterocycles. The fraction of sp³-hybridized carbons (Fsp3) is 0.400. The van der Waals surface area contributed by atoms with Gasteiger partial charge in [-0.1, -0.05) is 11.3 Å². The minimum atomic E-state index is -2.73. The van der Waals surface area contributed by atoms with E-state index in [9.17, 15) is 0 Å². The number of hydrogen-bond donors (Lipinski definition) is 0. The number of aromatic nitrogens is 1. The van der Waals surface area contributed by atoms with Gasteiger partial charge < -0.3 is 4.90 Å². The SMILES string of the molecule is [2H]C([2H])([2H])N(c1ncc(Br)s1)C([2H])([2H])[2H]. The molecule has 0 fully saturated rings. The number of halogens is 1. The van der Waals surface area contributed by atoms with E-state index < -0.39 is 14.0 Å². The molecule has 1 aromatic rings. The first kappa shape index (κ1) is 2.51. The van der Waals surface area contributed by atoms with E-state index in [0.29, 0.717) is 8.69 Å². The van der Waals surface area contributed by atoms with Crippen molar-refractivity contribution in [3.8, 4) is 0 Å². The van der Waals surface area contributed by atoms with Gasteiger partial charge in [0.15, 0.2) is 5.13 Å². The smallest absolute Gasteiger partial charge is 0.185 e. The average molecular weight is 213 g/mol. The zero-order valence-electron chi connectivity index (χ0n) is 10.3. The van der Waals surface area contributed by atoms with Crippen LogP contribution < -0.4 is 4.90 Å². The Bertz CT molecular complexity index is 330. The van der Waals surface area contributed by atoms with E-state index in [1.807, 2.05) is 0 Å². The van der Waals surface area contributed by atoms with Gasteiger partial charge in [0.05, 0.1) is 9.98 Å². The maximum absolute atomic E-state index is 7.14. The van der Waals surface area contributed by atoms with Crippen molar-refractivity contribution < 1.29 is 8.22 Å². The predicted octanol–water partition coefficient (Wildman–Crippen LogP) is 1.97. The summed E-state index contributed by atoms with van der Waals surface area (Å²) in [5.41, 5.74) is 0. The van der Waals surface area contributed by atoms with Crippen molar-refractivity contribution in [1.82, 2.24) is 4.98 Å². The number of thiazole rings is 1. The molecule has 0 spiro atoms. The summed E-state index contributed by atoms with van der Waals surface area (Å²) in [6.45, 7) is -5.47. The predicted molar refractivity (Wildman–Crippen MR) is 44.1 cm³/mol. The summed E-state index contributed by atoms with van der Waals surface area (Å²) in [7, 11) is 0. The topological polar surface area (TPSA) is 16.1 Å². The molecule has 0 bridgehead atoms. The lowest BCUT2D eigenvalue weighted by molar-refractivity contribution is 1.10. The lowest BCUT2D eigenvalue weighted by Crippen LogP contribution is -2.07. The van der Waals surface area contributed by atoms with Crippen LogP contribution >= 0.6 is 27.3 Å². The Morgan fingerprint density at radius 3 is 3.11 bits per heavy atom. The molecule has 0 aliphatic heterocycles. The molecule has 1 aromatic heterocycles. The van der Waals surface area contributed by atoms with Gasteiger partial charge in [0, 0.05) is 22.2 Å². The molecule has 0 saturated carbocycles. The molecule has 9 heavy (non-hydrogen) atoms. The van der Waals surface area contributed by atoms with Crippen molar-refractivity contribution >= 4 is 32.4 Å². The zero-order valence-corrected chi connectivity index (χ0v) is 6.66. The molecule has 0 saturated heterocycles. The summed E-state index contributed by atoms with van der Waals surface area (Å²) >= 11 is 4.06. The number of hydrogen-bond acceptors (Lipinski definition) is 3. The van der Waals surface area contributed by atoms with Crippen molar-refractivity contribution in [2.24, 2.45) is 0 Å². The number of anilines is 1. The Hall–Kier alpha value is -0.0900. The Kier molecular flexibility index (Phi) is 0.742. The monoisotopic (exact) mass is 212 g/mol. The van der Waals surface area contributed by atoms with Crippen molar-refractivity contribution in [2.75, 3.05) is 18.9 Å². The first-order chi connectivity index (χ1) is 6.62. The molecule has 0 amide bonds. The number of rotatable bonds is 1. The van der Waals surface area contributed by atoms with Crippen LogP contribution in [-0.4, -0.2) is 18.9 Å². The van der Waals surface area contributed by atoms with E-state index in [-0.39, 0.29) is 5.13 Å². The van der Waals surface area contributed by atoms with E-state index in [4.69, 9.17) is 8.22 Å². The lowest BCUT2D eigenvalue weighted by atomic mass is 10.9. The summed E-state index contributed by atoms with van der Waals surface area (Å²) in [6.07, 6.45) is 1.37. The minimum absolute atomic E-state index is 0.0538. The molecule has 0 radical (unpaired) electrons. The van der Waals surface area contributed by atoms with E-state index in [1.165, 1.54) is 6.20 Å². The Balaban J connectivity index is 3.14. The van der Waals surface area contributed by atoms with Crippen LogP contribution in [0.2, 0.25) is 0 Å². The zero-order chi connectivity index (χ0) is 11.9. The summed E-state index contributed by atoms with van der Waals surface area (Å²) in [6, 6.07) is 0. The van der Waals surface area contributed by atoms with Gasteiger partial charge in [-0.3, -0.25) is 0 Å². The molecule has 0 N–H and O–H groups in total. The van der Waals surface area contributed by atoms with Crippen molar-refractivity contribution in [3.63, 3.8) is 0 Å². The van der Waals surface area contributed by atoms with Gasteiger partial charge in [-0.25, -0.2) is 4.98 Å². The quantitative estimate of drug-likeness (QED) is 0.709. The largest absolute Gasteiger partial charge is 0.354 e. The van der Waals surface area contributed by atoms with E-state index in [1.54, 1.807) is 0 Å². The van der Waals surface area contributed by atoms with Gasteiger partial charge in [0.1, 0.15) is 0 Å². The van der Waals surface area contributed by atoms with Gasteiger partial charge in [0.2, 0.25) is 0 Å². The van der Waals surface area contributed by atoms with Crippen LogP contribution in [0.25, 0.3) is 0 Å². The molecule has 50 valence electrons. The van der Waals surface area contributed by atoms with Gasteiger partial charge in [0.25, 0.3) is 0 Å². The fourth-order valence-corrected chi connectivity index (χ4v) is 1.36. The minimum Gasteiger partial charge on any atom is -0.354 e. The van der Waals surface area contributed by atoms with Gasteiger partial charge in [-0.2, -0.15) is 0 Å². The Morgan fingerprint density at radius 2 is 2.67 bits per heavy atom. The third kappa shape index (κ3) is 1.66. The molecular weight excluding hydrogens is 200 g/mol. The van der Waals surface area contributed by atoms with Crippen LogP contribution in [0, 0.1) is 0 Å². The molecule has 0 aliphatic rings. The molecule has 0 aliphatic carbocycles. The fourth-order valence-electron chi connectivity index (χ4n) is 0.349. The highest BCUT2D eigenvalue weighted by Gasteiger charge is 1.98. The molecule has 2 nitrogen and oxygen atoms in total. The van der Waals surface area contributed by atoms with Gasteiger partial charge in [-0.15, -0.1) is 0 Å². The Labute approximate surface area is 75.1 Å². The average Bonchev–Trinajstić information content (AvgIpc) is 2.28. The van der Waals surface area contributed by atoms with Gasteiger partial charge >= 0.3 is 0 Å². The van der Waals surface area contributed by atoms with Crippen LogP contribution in [0.15, 0.2) is 9.98 Å². The number of nitrogens with zero attached hydrogens (tertiary/aromatic N) is 2. The van der Waals surface area contributed by atoms with E-state index >= 15 is 0 Å². The normalized spacial score (nSPS) is 22.3. The highest BCUT2D eigenvalue weighted by molar-refractivity contribution is 9.11. The molecule has 4 heteroatoms. The van der Waals surface area contributed by atoms with Crippen molar-refractivity contribution in [3.05, 3.63) is 9.98 Å². The second-order valence-corrected chi connectivity index (χ2v) is 3.67. The standard InChI is InChI=1S/C5H7BrN2S/c1-8(2)5-7-3-4(6)9-5/h3H,1-2H3/i1D3,2D3. The first-order valence-electron chi connectivity index (χ1n) is 5.04. The van der Waals surface area contributed by atoms with E-state index in [2.05, 4.69) is 20.9 Å². The highest BCUT2D eigenvalue weighted by Crippen LogP contribution is 2.24. The van der Waals surface area contributed by atoms with Crippen LogP contribution in [0.5, 0.6) is 0 Å². The second-order valence-electron chi connectivity index (χ2n) is 1.28. The van der Waals surface area contributed by atoms with Crippen molar-refractivity contribution in [2.45, 2.75) is 0 Å². The van der Waals surface area contributed by atoms with Crippen LogP contribution in [-0.2, 0) is 0 Å². The van der Waals surface area contributed by atoms with Crippen LogP contribution in [0.4, 0.5) is 5.13 Å². The molecule has 0 atom stereocenters. The van der Waals surface area contributed by atoms with Crippen LogP contribution in [0.3, 0.4) is 0 Å². The molecule has 0 aromatic carbocycles. The third-order valence-corrected chi connectivity index (χ3v) is 2.12. The summed E-state index contributed by atoms with van der Waals surface area (Å²) in [5, 5.41) is -0.0538. The molecule has 0 unspecified atom stereocenters. The van der Waals surface area contributed by atoms with Crippen molar-refractivity contribution in [1.29, 1.82) is 0 Å². The highest BCUT2D eigenvalue weighted by atomic mass is 79.9. The molecular formula is C5H7BrN2S. The summed E-state index contributed by atoms with van der Waals surface area (Å²) < 4.78 is 43.4. The lowest BCUT2D eigenvalue weighted by Gasteiger charge is -2.04.